The lowest BCUT2D eigenvalue weighted by molar-refractivity contribution is 0.418. The number of rotatable bonds is 7. The van der Waals surface area contributed by atoms with Gasteiger partial charge in [0.2, 0.25) is 0 Å². The van der Waals surface area contributed by atoms with Crippen LogP contribution in [0.2, 0.25) is 0 Å². The lowest BCUT2D eigenvalue weighted by Crippen LogP contribution is -2.19. The van der Waals surface area contributed by atoms with Crippen molar-refractivity contribution in [3.05, 3.63) is 22.4 Å². The summed E-state index contributed by atoms with van der Waals surface area (Å²) in [5.41, 5.74) is -0.167. The van der Waals surface area contributed by atoms with Gasteiger partial charge in [-0.3, -0.25) is 0 Å². The van der Waals surface area contributed by atoms with E-state index in [1.807, 2.05) is 13.8 Å². The minimum absolute atomic E-state index is 0.167. The molecule has 1 rings (SSSR count). The van der Waals surface area contributed by atoms with E-state index in [0.717, 1.165) is 25.8 Å². The average molecular weight is 250 g/mol. The Balaban J connectivity index is 2.11. The van der Waals surface area contributed by atoms with Gasteiger partial charge in [-0.2, -0.15) is 5.26 Å². The minimum Gasteiger partial charge on any atom is -0.309 e. The van der Waals surface area contributed by atoms with Gasteiger partial charge < -0.3 is 5.32 Å². The van der Waals surface area contributed by atoms with Crippen LogP contribution in [0, 0.1) is 16.7 Å². The molecule has 0 bridgehead atoms. The number of hydrogen-bond donors (Lipinski definition) is 1. The van der Waals surface area contributed by atoms with Crippen LogP contribution in [-0.4, -0.2) is 6.54 Å². The second kappa shape index (κ2) is 6.78. The zero-order chi connectivity index (χ0) is 12.7. The molecule has 1 N–H and O–H groups in total. The van der Waals surface area contributed by atoms with E-state index in [1.54, 1.807) is 11.3 Å². The van der Waals surface area contributed by atoms with Gasteiger partial charge in [-0.25, -0.2) is 0 Å². The SMILES string of the molecule is C[C@@H](NCCCCC(C)(C)C#N)c1cccs1. The number of nitrogens with zero attached hydrogens (tertiary/aromatic N) is 1. The predicted molar refractivity (Wildman–Crippen MR) is 74.0 cm³/mol. The number of nitriles is 1. The molecule has 1 heterocycles. The Morgan fingerprint density at radius 1 is 1.47 bits per heavy atom. The van der Waals surface area contributed by atoms with Crippen LogP contribution in [0.25, 0.3) is 0 Å². The normalized spacial score (nSPS) is 13.3. The van der Waals surface area contributed by atoms with E-state index in [4.69, 9.17) is 5.26 Å². The first-order valence-electron chi connectivity index (χ1n) is 6.23. The van der Waals surface area contributed by atoms with Crippen molar-refractivity contribution in [3.63, 3.8) is 0 Å². The Morgan fingerprint density at radius 3 is 2.82 bits per heavy atom. The molecule has 0 saturated heterocycles. The van der Waals surface area contributed by atoms with E-state index in [0.29, 0.717) is 6.04 Å². The van der Waals surface area contributed by atoms with Gasteiger partial charge in [0.05, 0.1) is 11.5 Å². The molecule has 94 valence electrons. The van der Waals surface area contributed by atoms with Crippen LogP contribution in [0.3, 0.4) is 0 Å². The molecule has 1 aromatic heterocycles. The summed E-state index contributed by atoms with van der Waals surface area (Å²) in [5, 5.41) is 14.5. The fourth-order valence-corrected chi connectivity index (χ4v) is 2.46. The van der Waals surface area contributed by atoms with Crippen LogP contribution in [-0.2, 0) is 0 Å². The summed E-state index contributed by atoms with van der Waals surface area (Å²) in [7, 11) is 0. The molecule has 0 fully saturated rings. The fraction of sp³-hybridized carbons (Fsp3) is 0.643. The third-order valence-electron chi connectivity index (χ3n) is 2.95. The van der Waals surface area contributed by atoms with Crippen molar-refractivity contribution in [2.24, 2.45) is 5.41 Å². The molecule has 17 heavy (non-hydrogen) atoms. The molecular formula is C14H22N2S. The van der Waals surface area contributed by atoms with Crippen LogP contribution in [0.5, 0.6) is 0 Å². The minimum atomic E-state index is -0.167. The first kappa shape index (κ1) is 14.2. The molecule has 0 aliphatic carbocycles. The topological polar surface area (TPSA) is 35.8 Å². The van der Waals surface area contributed by atoms with E-state index in [1.165, 1.54) is 4.88 Å². The molecule has 0 radical (unpaired) electrons. The molecule has 0 saturated carbocycles. The standard InChI is InChI=1S/C14H22N2S/c1-12(13-7-6-10-17-13)16-9-5-4-8-14(2,3)11-15/h6-7,10,12,16H,4-5,8-9H2,1-3H3/t12-/m1/s1. The van der Waals surface area contributed by atoms with Gasteiger partial charge in [-0.15, -0.1) is 11.3 Å². The summed E-state index contributed by atoms with van der Waals surface area (Å²) >= 11 is 1.80. The van der Waals surface area contributed by atoms with E-state index in [9.17, 15) is 0 Å². The van der Waals surface area contributed by atoms with Gasteiger partial charge in [0.25, 0.3) is 0 Å². The van der Waals surface area contributed by atoms with E-state index >= 15 is 0 Å². The maximum atomic E-state index is 8.90. The lowest BCUT2D eigenvalue weighted by Gasteiger charge is -2.15. The first-order chi connectivity index (χ1) is 8.05. The van der Waals surface area contributed by atoms with Crippen molar-refractivity contribution in [3.8, 4) is 6.07 Å². The maximum absolute atomic E-state index is 8.90. The van der Waals surface area contributed by atoms with Crippen molar-refractivity contribution in [1.82, 2.24) is 5.32 Å². The summed E-state index contributed by atoms with van der Waals surface area (Å²) in [5.74, 6) is 0. The second-order valence-corrected chi connectivity index (χ2v) is 6.12. The molecule has 3 heteroatoms. The smallest absolute Gasteiger partial charge is 0.0683 e. The lowest BCUT2D eigenvalue weighted by atomic mass is 9.89. The number of hydrogen-bond acceptors (Lipinski definition) is 3. The monoisotopic (exact) mass is 250 g/mol. The zero-order valence-corrected chi connectivity index (χ0v) is 11.8. The van der Waals surface area contributed by atoms with Crippen LogP contribution < -0.4 is 5.32 Å². The van der Waals surface area contributed by atoms with Crippen LogP contribution >= 0.6 is 11.3 Å². The van der Waals surface area contributed by atoms with Crippen molar-refractivity contribution in [2.75, 3.05) is 6.54 Å². The first-order valence-corrected chi connectivity index (χ1v) is 7.11. The van der Waals surface area contributed by atoms with Gasteiger partial charge in [0.1, 0.15) is 0 Å². The van der Waals surface area contributed by atoms with Crippen LogP contribution in [0.15, 0.2) is 17.5 Å². The number of nitrogens with one attached hydrogen (secondary N) is 1. The molecule has 0 aromatic carbocycles. The van der Waals surface area contributed by atoms with Gasteiger partial charge in [0, 0.05) is 10.9 Å². The quantitative estimate of drug-likeness (QED) is 0.739. The molecule has 1 aromatic rings. The molecule has 0 aliphatic rings. The van der Waals surface area contributed by atoms with Gasteiger partial charge in [-0.05, 0) is 51.6 Å². The fourth-order valence-electron chi connectivity index (χ4n) is 1.70. The van der Waals surface area contributed by atoms with Gasteiger partial charge in [0.15, 0.2) is 0 Å². The van der Waals surface area contributed by atoms with Crippen LogP contribution in [0.4, 0.5) is 0 Å². The largest absolute Gasteiger partial charge is 0.309 e. The molecule has 1 atom stereocenters. The Labute approximate surface area is 109 Å². The highest BCUT2D eigenvalue weighted by molar-refractivity contribution is 7.10. The molecular weight excluding hydrogens is 228 g/mol. The highest BCUT2D eigenvalue weighted by Gasteiger charge is 2.15. The Kier molecular flexibility index (Phi) is 5.67. The molecule has 0 aliphatic heterocycles. The Hall–Kier alpha value is -0.850. The zero-order valence-electron chi connectivity index (χ0n) is 11.0. The summed E-state index contributed by atoms with van der Waals surface area (Å²) in [6.07, 6.45) is 3.24. The third kappa shape index (κ3) is 5.34. The van der Waals surface area contributed by atoms with E-state index < -0.39 is 0 Å². The summed E-state index contributed by atoms with van der Waals surface area (Å²) in [6.45, 7) is 7.25. The van der Waals surface area contributed by atoms with Gasteiger partial charge >= 0.3 is 0 Å². The molecule has 0 amide bonds. The van der Waals surface area contributed by atoms with Crippen molar-refractivity contribution in [1.29, 1.82) is 5.26 Å². The molecule has 2 nitrogen and oxygen atoms in total. The maximum Gasteiger partial charge on any atom is 0.0683 e. The van der Waals surface area contributed by atoms with Crippen molar-refractivity contribution < 1.29 is 0 Å². The average Bonchev–Trinajstić information content (AvgIpc) is 2.82. The molecule has 0 spiro atoms. The summed E-state index contributed by atoms with van der Waals surface area (Å²) in [4.78, 5) is 1.39. The van der Waals surface area contributed by atoms with Crippen molar-refractivity contribution >= 4 is 11.3 Å². The van der Waals surface area contributed by atoms with Crippen molar-refractivity contribution in [2.45, 2.75) is 46.1 Å². The highest BCUT2D eigenvalue weighted by Crippen LogP contribution is 2.22. The van der Waals surface area contributed by atoms with Crippen LogP contribution in [0.1, 0.15) is 51.0 Å². The van der Waals surface area contributed by atoms with E-state index in [2.05, 4.69) is 35.8 Å². The summed E-state index contributed by atoms with van der Waals surface area (Å²) < 4.78 is 0. The van der Waals surface area contributed by atoms with E-state index in [-0.39, 0.29) is 5.41 Å². The number of unbranched alkanes of at least 4 members (excludes halogenated alkanes) is 1. The third-order valence-corrected chi connectivity index (χ3v) is 4.01. The van der Waals surface area contributed by atoms with Gasteiger partial charge in [-0.1, -0.05) is 12.5 Å². The Morgan fingerprint density at radius 2 is 2.24 bits per heavy atom. The summed E-state index contributed by atoms with van der Waals surface area (Å²) in [6, 6.07) is 7.05. The highest BCUT2D eigenvalue weighted by atomic mass is 32.1. The second-order valence-electron chi connectivity index (χ2n) is 5.14. The Bertz CT molecular complexity index is 349. The predicted octanol–water partition coefficient (Wildman–Crippen LogP) is 4.12. The number of thiophene rings is 1. The molecule has 0 unspecified atom stereocenters.